The molecule has 0 saturated carbocycles. The van der Waals surface area contributed by atoms with Gasteiger partial charge in [-0.15, -0.1) is 0 Å². The SMILES string of the molecule is CC(=O)C(C)n1cccc1C#N. The van der Waals surface area contributed by atoms with Gasteiger partial charge < -0.3 is 4.57 Å². The average molecular weight is 162 g/mol. The maximum atomic E-state index is 11.0. The third-order valence-electron chi connectivity index (χ3n) is 1.90. The normalized spacial score (nSPS) is 12.1. The Morgan fingerprint density at radius 2 is 2.42 bits per heavy atom. The summed E-state index contributed by atoms with van der Waals surface area (Å²) >= 11 is 0. The zero-order valence-electron chi connectivity index (χ0n) is 7.11. The fourth-order valence-corrected chi connectivity index (χ4v) is 1.02. The van der Waals surface area contributed by atoms with Crippen molar-refractivity contribution in [3.63, 3.8) is 0 Å². The molecule has 1 unspecified atom stereocenters. The first-order valence-corrected chi connectivity index (χ1v) is 3.74. The van der Waals surface area contributed by atoms with Crippen molar-refractivity contribution < 1.29 is 4.79 Å². The van der Waals surface area contributed by atoms with Crippen molar-refractivity contribution in [1.82, 2.24) is 4.57 Å². The van der Waals surface area contributed by atoms with Crippen molar-refractivity contribution in [2.75, 3.05) is 0 Å². The average Bonchev–Trinajstić information content (AvgIpc) is 2.49. The van der Waals surface area contributed by atoms with Crippen LogP contribution in [-0.4, -0.2) is 10.4 Å². The third kappa shape index (κ3) is 1.37. The number of nitriles is 1. The first-order valence-electron chi connectivity index (χ1n) is 3.74. The van der Waals surface area contributed by atoms with Gasteiger partial charge in [0.15, 0.2) is 5.78 Å². The number of rotatable bonds is 2. The van der Waals surface area contributed by atoms with E-state index in [1.807, 2.05) is 6.07 Å². The molecule has 0 aliphatic heterocycles. The molecule has 3 nitrogen and oxygen atoms in total. The highest BCUT2D eigenvalue weighted by molar-refractivity contribution is 5.79. The molecule has 0 aliphatic rings. The van der Waals surface area contributed by atoms with Crippen LogP contribution in [0.3, 0.4) is 0 Å². The van der Waals surface area contributed by atoms with Crippen LogP contribution in [0.15, 0.2) is 18.3 Å². The van der Waals surface area contributed by atoms with Crippen LogP contribution in [-0.2, 0) is 4.79 Å². The van der Waals surface area contributed by atoms with Gasteiger partial charge in [-0.3, -0.25) is 4.79 Å². The first kappa shape index (κ1) is 8.54. The molecule has 0 spiro atoms. The molecule has 0 N–H and O–H groups in total. The van der Waals surface area contributed by atoms with Crippen molar-refractivity contribution >= 4 is 5.78 Å². The zero-order chi connectivity index (χ0) is 9.14. The Balaban J connectivity index is 3.03. The molecule has 0 saturated heterocycles. The molecule has 0 radical (unpaired) electrons. The number of hydrogen-bond donors (Lipinski definition) is 0. The molecule has 1 aromatic heterocycles. The van der Waals surface area contributed by atoms with Crippen molar-refractivity contribution in [3.8, 4) is 6.07 Å². The number of ketones is 1. The maximum absolute atomic E-state index is 11.0. The van der Waals surface area contributed by atoms with Crippen LogP contribution in [0.5, 0.6) is 0 Å². The molecule has 0 bridgehead atoms. The topological polar surface area (TPSA) is 45.8 Å². The second-order valence-corrected chi connectivity index (χ2v) is 2.70. The number of Topliss-reactive ketones (excluding diaryl/α,β-unsaturated/α-hetero) is 1. The number of aromatic nitrogens is 1. The molecule has 0 aliphatic carbocycles. The monoisotopic (exact) mass is 162 g/mol. The first-order chi connectivity index (χ1) is 5.66. The summed E-state index contributed by atoms with van der Waals surface area (Å²) in [6.45, 7) is 3.30. The molecule has 0 fully saturated rings. The van der Waals surface area contributed by atoms with Crippen LogP contribution in [0.1, 0.15) is 25.6 Å². The lowest BCUT2D eigenvalue weighted by molar-refractivity contribution is -0.119. The summed E-state index contributed by atoms with van der Waals surface area (Å²) in [6.07, 6.45) is 1.74. The molecule has 1 aromatic rings. The molecular formula is C9H10N2O. The smallest absolute Gasteiger partial charge is 0.152 e. The minimum Gasteiger partial charge on any atom is -0.329 e. The summed E-state index contributed by atoms with van der Waals surface area (Å²) in [5.41, 5.74) is 0.526. The summed E-state index contributed by atoms with van der Waals surface area (Å²) in [6, 6.07) is 5.24. The minimum atomic E-state index is -0.241. The van der Waals surface area contributed by atoms with Crippen LogP contribution < -0.4 is 0 Å². The molecular weight excluding hydrogens is 152 g/mol. The Labute approximate surface area is 71.2 Å². The summed E-state index contributed by atoms with van der Waals surface area (Å²) in [7, 11) is 0. The van der Waals surface area contributed by atoms with Gasteiger partial charge in [0, 0.05) is 6.20 Å². The van der Waals surface area contributed by atoms with E-state index < -0.39 is 0 Å². The lowest BCUT2D eigenvalue weighted by Crippen LogP contribution is -2.13. The Bertz CT molecular complexity index is 333. The summed E-state index contributed by atoms with van der Waals surface area (Å²) in [5, 5.41) is 8.66. The lowest BCUT2D eigenvalue weighted by atomic mass is 10.2. The van der Waals surface area contributed by atoms with Gasteiger partial charge in [-0.2, -0.15) is 5.26 Å². The van der Waals surface area contributed by atoms with Crippen LogP contribution in [0.2, 0.25) is 0 Å². The van der Waals surface area contributed by atoms with E-state index in [-0.39, 0.29) is 11.8 Å². The quantitative estimate of drug-likeness (QED) is 0.661. The number of hydrogen-bond acceptors (Lipinski definition) is 2. The standard InChI is InChI=1S/C9H10N2O/c1-7(8(2)12)11-5-3-4-9(11)6-10/h3-5,7H,1-2H3. The van der Waals surface area contributed by atoms with Crippen molar-refractivity contribution in [3.05, 3.63) is 24.0 Å². The van der Waals surface area contributed by atoms with Gasteiger partial charge in [-0.05, 0) is 26.0 Å². The highest BCUT2D eigenvalue weighted by Crippen LogP contribution is 2.11. The fraction of sp³-hybridized carbons (Fsp3) is 0.333. The molecule has 1 rings (SSSR count). The zero-order valence-corrected chi connectivity index (χ0v) is 7.11. The Kier molecular flexibility index (Phi) is 2.29. The predicted octanol–water partition coefficient (Wildman–Crippen LogP) is 1.51. The second kappa shape index (κ2) is 3.22. The molecule has 1 atom stereocenters. The van der Waals surface area contributed by atoms with Crippen molar-refractivity contribution in [1.29, 1.82) is 5.26 Å². The van der Waals surface area contributed by atoms with Gasteiger partial charge in [0.1, 0.15) is 11.8 Å². The van der Waals surface area contributed by atoms with Crippen LogP contribution >= 0.6 is 0 Å². The van der Waals surface area contributed by atoms with E-state index in [1.54, 1.807) is 29.8 Å². The summed E-state index contributed by atoms with van der Waals surface area (Å²) in [5.74, 6) is 0.0581. The van der Waals surface area contributed by atoms with Gasteiger partial charge in [0.2, 0.25) is 0 Å². The summed E-state index contributed by atoms with van der Waals surface area (Å²) in [4.78, 5) is 11.0. The van der Waals surface area contributed by atoms with Crippen molar-refractivity contribution in [2.45, 2.75) is 19.9 Å². The van der Waals surface area contributed by atoms with E-state index >= 15 is 0 Å². The maximum Gasteiger partial charge on any atom is 0.152 e. The van der Waals surface area contributed by atoms with E-state index in [9.17, 15) is 4.79 Å². The van der Waals surface area contributed by atoms with Gasteiger partial charge in [0.25, 0.3) is 0 Å². The Morgan fingerprint density at radius 3 is 2.92 bits per heavy atom. The van der Waals surface area contributed by atoms with Gasteiger partial charge in [-0.25, -0.2) is 0 Å². The van der Waals surface area contributed by atoms with Crippen LogP contribution in [0, 0.1) is 11.3 Å². The van der Waals surface area contributed by atoms with Gasteiger partial charge in [0.05, 0.1) is 6.04 Å². The molecule has 0 amide bonds. The number of carbonyl (C=O) groups is 1. The Hall–Kier alpha value is -1.56. The van der Waals surface area contributed by atoms with Crippen molar-refractivity contribution in [2.24, 2.45) is 0 Å². The van der Waals surface area contributed by atoms with E-state index in [0.29, 0.717) is 5.69 Å². The highest BCUT2D eigenvalue weighted by atomic mass is 16.1. The fourth-order valence-electron chi connectivity index (χ4n) is 1.02. The summed E-state index contributed by atoms with van der Waals surface area (Å²) < 4.78 is 1.67. The minimum absolute atomic E-state index is 0.0581. The molecule has 12 heavy (non-hydrogen) atoms. The van der Waals surface area contributed by atoms with Crippen LogP contribution in [0.25, 0.3) is 0 Å². The van der Waals surface area contributed by atoms with E-state index in [2.05, 4.69) is 0 Å². The number of nitrogens with zero attached hydrogens (tertiary/aromatic N) is 2. The molecule has 62 valence electrons. The van der Waals surface area contributed by atoms with E-state index in [1.165, 1.54) is 6.92 Å². The Morgan fingerprint density at radius 1 is 1.75 bits per heavy atom. The van der Waals surface area contributed by atoms with E-state index in [4.69, 9.17) is 5.26 Å². The molecule has 3 heteroatoms. The van der Waals surface area contributed by atoms with Gasteiger partial charge >= 0.3 is 0 Å². The molecule has 0 aromatic carbocycles. The third-order valence-corrected chi connectivity index (χ3v) is 1.90. The second-order valence-electron chi connectivity index (χ2n) is 2.70. The molecule has 1 heterocycles. The largest absolute Gasteiger partial charge is 0.329 e. The van der Waals surface area contributed by atoms with Gasteiger partial charge in [-0.1, -0.05) is 0 Å². The number of carbonyl (C=O) groups excluding carboxylic acids is 1. The van der Waals surface area contributed by atoms with Crippen LogP contribution in [0.4, 0.5) is 0 Å². The highest BCUT2D eigenvalue weighted by Gasteiger charge is 2.11. The lowest BCUT2D eigenvalue weighted by Gasteiger charge is -2.10. The predicted molar refractivity (Wildman–Crippen MR) is 44.5 cm³/mol. The van der Waals surface area contributed by atoms with E-state index in [0.717, 1.165) is 0 Å².